The molecule has 2 nitrogen and oxygen atoms in total. The molecular formula is C18H21NO. The fraction of sp³-hybridized carbons (Fsp3) is 0.278. The summed E-state index contributed by atoms with van der Waals surface area (Å²) in [6, 6.07) is 16.1. The minimum absolute atomic E-state index is 0.150. The molecule has 0 saturated heterocycles. The van der Waals surface area contributed by atoms with Gasteiger partial charge in [-0.2, -0.15) is 0 Å². The molecule has 0 spiro atoms. The van der Waals surface area contributed by atoms with Crippen LogP contribution in [0.25, 0.3) is 0 Å². The molecule has 0 saturated carbocycles. The highest BCUT2D eigenvalue weighted by Crippen LogP contribution is 2.15. The van der Waals surface area contributed by atoms with Crippen molar-refractivity contribution in [1.82, 2.24) is 0 Å². The van der Waals surface area contributed by atoms with Gasteiger partial charge in [0.25, 0.3) is 0 Å². The number of carbonyl (C=O) groups excluding carboxylic acids is 1. The first-order chi connectivity index (χ1) is 9.60. The van der Waals surface area contributed by atoms with Crippen molar-refractivity contribution >= 4 is 11.5 Å². The minimum atomic E-state index is 0.150. The van der Waals surface area contributed by atoms with Crippen LogP contribution in [0.15, 0.2) is 48.5 Å². The summed E-state index contributed by atoms with van der Waals surface area (Å²) in [5.74, 6) is 0.150. The second-order valence-electron chi connectivity index (χ2n) is 5.17. The molecule has 0 bridgehead atoms. The third kappa shape index (κ3) is 3.47. The number of rotatable bonds is 5. The van der Waals surface area contributed by atoms with Gasteiger partial charge in [0.2, 0.25) is 0 Å². The predicted octanol–water partition coefficient (Wildman–Crippen LogP) is 3.88. The minimum Gasteiger partial charge on any atom is -0.367 e. The van der Waals surface area contributed by atoms with E-state index in [1.807, 2.05) is 48.3 Å². The van der Waals surface area contributed by atoms with E-state index in [9.17, 15) is 4.79 Å². The van der Waals surface area contributed by atoms with Crippen LogP contribution >= 0.6 is 0 Å². The van der Waals surface area contributed by atoms with Crippen molar-refractivity contribution < 1.29 is 4.79 Å². The van der Waals surface area contributed by atoms with E-state index in [-0.39, 0.29) is 5.78 Å². The Morgan fingerprint density at radius 3 is 2.40 bits per heavy atom. The number of aryl methyl sites for hydroxylation is 2. The molecule has 0 unspecified atom stereocenters. The number of ketones is 1. The standard InChI is InChI=1S/C18H21NO/c1-4-15-8-10-16(11-9-15)18(20)13-19(3)17-7-5-6-14(2)12-17/h5-12H,4,13H2,1-3H3. The normalized spacial score (nSPS) is 10.3. The predicted molar refractivity (Wildman–Crippen MR) is 84.6 cm³/mol. The van der Waals surface area contributed by atoms with Crippen LogP contribution in [0.4, 0.5) is 5.69 Å². The number of anilines is 1. The summed E-state index contributed by atoms with van der Waals surface area (Å²) in [5, 5.41) is 0. The monoisotopic (exact) mass is 267 g/mol. The molecule has 2 rings (SSSR count). The summed E-state index contributed by atoms with van der Waals surface area (Å²) < 4.78 is 0. The van der Waals surface area contributed by atoms with Crippen LogP contribution in [0.1, 0.15) is 28.4 Å². The van der Waals surface area contributed by atoms with Crippen molar-refractivity contribution in [2.24, 2.45) is 0 Å². The zero-order chi connectivity index (χ0) is 14.5. The van der Waals surface area contributed by atoms with Gasteiger partial charge in [0.05, 0.1) is 6.54 Å². The van der Waals surface area contributed by atoms with E-state index in [2.05, 4.69) is 26.0 Å². The lowest BCUT2D eigenvalue weighted by atomic mass is 10.1. The van der Waals surface area contributed by atoms with Crippen molar-refractivity contribution in [3.63, 3.8) is 0 Å². The average molecular weight is 267 g/mol. The molecule has 0 aliphatic heterocycles. The molecule has 0 atom stereocenters. The molecule has 0 aliphatic carbocycles. The van der Waals surface area contributed by atoms with E-state index in [4.69, 9.17) is 0 Å². The molecule has 2 heteroatoms. The molecule has 0 N–H and O–H groups in total. The summed E-state index contributed by atoms with van der Waals surface area (Å²) in [7, 11) is 1.95. The maximum absolute atomic E-state index is 12.3. The molecule has 0 fully saturated rings. The number of Topliss-reactive ketones (excluding diaryl/α,β-unsaturated/α-hetero) is 1. The van der Waals surface area contributed by atoms with Crippen molar-refractivity contribution in [1.29, 1.82) is 0 Å². The fourth-order valence-corrected chi connectivity index (χ4v) is 2.19. The highest BCUT2D eigenvalue weighted by molar-refractivity contribution is 5.99. The Morgan fingerprint density at radius 2 is 1.80 bits per heavy atom. The summed E-state index contributed by atoms with van der Waals surface area (Å²) in [6.07, 6.45) is 0.998. The molecule has 2 aromatic carbocycles. The van der Waals surface area contributed by atoms with Gasteiger partial charge in [0.1, 0.15) is 0 Å². The molecule has 0 aliphatic rings. The Hall–Kier alpha value is -2.09. The van der Waals surface area contributed by atoms with Crippen molar-refractivity contribution in [3.05, 3.63) is 65.2 Å². The topological polar surface area (TPSA) is 20.3 Å². The van der Waals surface area contributed by atoms with E-state index in [1.165, 1.54) is 11.1 Å². The van der Waals surface area contributed by atoms with Gasteiger partial charge in [-0.25, -0.2) is 0 Å². The van der Waals surface area contributed by atoms with Crippen molar-refractivity contribution in [2.45, 2.75) is 20.3 Å². The van der Waals surface area contributed by atoms with Crippen LogP contribution < -0.4 is 4.90 Å². The lowest BCUT2D eigenvalue weighted by molar-refractivity contribution is 0.100. The second kappa shape index (κ2) is 6.38. The maximum atomic E-state index is 12.3. The van der Waals surface area contributed by atoms with Crippen LogP contribution in [0.2, 0.25) is 0 Å². The largest absolute Gasteiger partial charge is 0.367 e. The first kappa shape index (κ1) is 14.3. The van der Waals surface area contributed by atoms with Crippen LogP contribution in [-0.4, -0.2) is 19.4 Å². The fourth-order valence-electron chi connectivity index (χ4n) is 2.19. The molecular weight excluding hydrogens is 246 g/mol. The van der Waals surface area contributed by atoms with Gasteiger partial charge < -0.3 is 4.90 Å². The Bertz CT molecular complexity index is 587. The van der Waals surface area contributed by atoms with E-state index in [0.29, 0.717) is 6.54 Å². The van der Waals surface area contributed by atoms with Gasteiger partial charge in [-0.1, -0.05) is 43.3 Å². The first-order valence-corrected chi connectivity index (χ1v) is 7.00. The lowest BCUT2D eigenvalue weighted by Crippen LogP contribution is -2.25. The molecule has 2 aromatic rings. The molecule has 0 heterocycles. The smallest absolute Gasteiger partial charge is 0.182 e. The van der Waals surface area contributed by atoms with Gasteiger partial charge in [-0.15, -0.1) is 0 Å². The summed E-state index contributed by atoms with van der Waals surface area (Å²) in [6.45, 7) is 4.57. The number of likely N-dealkylation sites (N-methyl/N-ethyl adjacent to an activating group) is 1. The van der Waals surface area contributed by atoms with Crippen LogP contribution in [0.3, 0.4) is 0 Å². The van der Waals surface area contributed by atoms with Crippen LogP contribution in [0.5, 0.6) is 0 Å². The third-order valence-electron chi connectivity index (χ3n) is 3.51. The number of hydrogen-bond acceptors (Lipinski definition) is 2. The third-order valence-corrected chi connectivity index (χ3v) is 3.51. The summed E-state index contributed by atoms with van der Waals surface area (Å²) in [5.41, 5.74) is 4.31. The summed E-state index contributed by atoms with van der Waals surface area (Å²) >= 11 is 0. The van der Waals surface area contributed by atoms with E-state index >= 15 is 0 Å². The Kier molecular flexibility index (Phi) is 4.57. The highest BCUT2D eigenvalue weighted by atomic mass is 16.1. The molecule has 20 heavy (non-hydrogen) atoms. The molecule has 0 amide bonds. The number of hydrogen-bond donors (Lipinski definition) is 0. The first-order valence-electron chi connectivity index (χ1n) is 7.00. The van der Waals surface area contributed by atoms with Crippen molar-refractivity contribution in [2.75, 3.05) is 18.5 Å². The van der Waals surface area contributed by atoms with E-state index in [0.717, 1.165) is 17.7 Å². The second-order valence-corrected chi connectivity index (χ2v) is 5.17. The zero-order valence-electron chi connectivity index (χ0n) is 12.4. The molecule has 0 radical (unpaired) electrons. The van der Waals surface area contributed by atoms with Gasteiger partial charge >= 0.3 is 0 Å². The quantitative estimate of drug-likeness (QED) is 0.766. The van der Waals surface area contributed by atoms with Gasteiger partial charge in [-0.3, -0.25) is 4.79 Å². The Morgan fingerprint density at radius 1 is 1.10 bits per heavy atom. The van der Waals surface area contributed by atoms with E-state index in [1.54, 1.807) is 0 Å². The van der Waals surface area contributed by atoms with Crippen molar-refractivity contribution in [3.8, 4) is 0 Å². The Balaban J connectivity index is 2.06. The Labute approximate surface area is 121 Å². The molecule has 0 aromatic heterocycles. The van der Waals surface area contributed by atoms with Gasteiger partial charge in [0.15, 0.2) is 5.78 Å². The number of carbonyl (C=O) groups is 1. The summed E-state index contributed by atoms with van der Waals surface area (Å²) in [4.78, 5) is 14.3. The SMILES string of the molecule is CCc1ccc(C(=O)CN(C)c2cccc(C)c2)cc1. The van der Waals surface area contributed by atoms with Gasteiger partial charge in [0, 0.05) is 18.3 Å². The van der Waals surface area contributed by atoms with E-state index < -0.39 is 0 Å². The zero-order valence-corrected chi connectivity index (χ0v) is 12.4. The number of nitrogens with zero attached hydrogens (tertiary/aromatic N) is 1. The lowest BCUT2D eigenvalue weighted by Gasteiger charge is -2.19. The van der Waals surface area contributed by atoms with Crippen LogP contribution in [0, 0.1) is 6.92 Å². The highest BCUT2D eigenvalue weighted by Gasteiger charge is 2.10. The van der Waals surface area contributed by atoms with Gasteiger partial charge in [-0.05, 0) is 36.6 Å². The van der Waals surface area contributed by atoms with Crippen LogP contribution in [-0.2, 0) is 6.42 Å². The maximum Gasteiger partial charge on any atom is 0.182 e. The molecule has 104 valence electrons. The average Bonchev–Trinajstić information content (AvgIpc) is 2.47. The number of benzene rings is 2.